The minimum Gasteiger partial charge on any atom is -0.489 e. The fourth-order valence-corrected chi connectivity index (χ4v) is 5.31. The Morgan fingerprint density at radius 2 is 1.84 bits per heavy atom. The molecule has 0 radical (unpaired) electrons. The summed E-state index contributed by atoms with van der Waals surface area (Å²) in [6.45, 7) is 6.24. The Balaban J connectivity index is 1.59. The summed E-state index contributed by atoms with van der Waals surface area (Å²) in [5.74, 6) is 2.08. The first-order valence-corrected chi connectivity index (χ1v) is 13.9. The van der Waals surface area contributed by atoms with Crippen molar-refractivity contribution in [1.82, 2.24) is 19.2 Å². The lowest BCUT2D eigenvalue weighted by Crippen LogP contribution is -2.29. The van der Waals surface area contributed by atoms with E-state index in [0.717, 1.165) is 37.4 Å². The molecule has 8 nitrogen and oxygen atoms in total. The van der Waals surface area contributed by atoms with Crippen LogP contribution in [0.5, 0.6) is 5.75 Å². The largest absolute Gasteiger partial charge is 0.489 e. The third kappa shape index (κ3) is 6.98. The highest BCUT2D eigenvalue weighted by Gasteiger charge is 2.21. The quantitative estimate of drug-likeness (QED) is 0.353. The summed E-state index contributed by atoms with van der Waals surface area (Å²) in [5, 5.41) is 6.88. The molecule has 2 aromatic carbocycles. The standard InChI is InChI=1S/C27H35ClN6O2S/c1-18(2)36-24-16-20(19-12-14-34(5)15-13-19)10-11-22(24)31-27-29-17-21(28)26(32-27)30-23-8-6-7-9-25(23)37(35)33(3)4/h6-11,16-19H,12-15H2,1-5H3,(H2,29,30,31,32). The van der Waals surface area contributed by atoms with E-state index in [4.69, 9.17) is 16.3 Å². The molecule has 1 aromatic heterocycles. The highest BCUT2D eigenvalue weighted by molar-refractivity contribution is 7.82. The Morgan fingerprint density at radius 3 is 2.54 bits per heavy atom. The van der Waals surface area contributed by atoms with Gasteiger partial charge in [-0.05, 0) is 96.7 Å². The molecule has 198 valence electrons. The van der Waals surface area contributed by atoms with Crippen LogP contribution in [-0.4, -0.2) is 63.7 Å². The summed E-state index contributed by atoms with van der Waals surface area (Å²) in [4.78, 5) is 12.0. The fraction of sp³-hybridized carbons (Fsp3) is 0.407. The summed E-state index contributed by atoms with van der Waals surface area (Å²) < 4.78 is 20.5. The van der Waals surface area contributed by atoms with Gasteiger partial charge in [-0.25, -0.2) is 13.5 Å². The molecule has 1 fully saturated rings. The highest BCUT2D eigenvalue weighted by atomic mass is 35.5. The number of aromatic nitrogens is 2. The molecule has 1 aliphatic heterocycles. The lowest BCUT2D eigenvalue weighted by Gasteiger charge is -2.29. The van der Waals surface area contributed by atoms with E-state index in [9.17, 15) is 4.21 Å². The second kappa shape index (κ2) is 12.2. The van der Waals surface area contributed by atoms with Crippen LogP contribution in [-0.2, 0) is 11.0 Å². The topological polar surface area (TPSA) is 82.6 Å². The molecule has 2 heterocycles. The molecule has 1 unspecified atom stereocenters. The van der Waals surface area contributed by atoms with E-state index in [0.29, 0.717) is 33.3 Å². The van der Waals surface area contributed by atoms with Gasteiger partial charge in [-0.2, -0.15) is 4.98 Å². The predicted molar refractivity (Wildman–Crippen MR) is 152 cm³/mol. The Labute approximate surface area is 227 Å². The van der Waals surface area contributed by atoms with E-state index in [1.165, 1.54) is 5.56 Å². The summed E-state index contributed by atoms with van der Waals surface area (Å²) >= 11 is 6.43. The molecule has 4 rings (SSSR count). The first kappa shape index (κ1) is 27.3. The Kier molecular flexibility index (Phi) is 9.02. The van der Waals surface area contributed by atoms with Crippen LogP contribution in [0.1, 0.15) is 38.2 Å². The molecule has 2 N–H and O–H groups in total. The number of nitrogens with one attached hydrogen (secondary N) is 2. The van der Waals surface area contributed by atoms with Gasteiger partial charge in [-0.3, -0.25) is 0 Å². The molecular weight excluding hydrogens is 508 g/mol. The van der Waals surface area contributed by atoms with E-state index in [2.05, 4.69) is 44.7 Å². The number of para-hydroxylation sites is 1. The van der Waals surface area contributed by atoms with Crippen LogP contribution < -0.4 is 15.4 Å². The minimum atomic E-state index is -1.33. The number of likely N-dealkylation sites (tertiary alicyclic amines) is 1. The molecule has 0 saturated carbocycles. The van der Waals surface area contributed by atoms with Crippen molar-refractivity contribution in [2.24, 2.45) is 0 Å². The minimum absolute atomic E-state index is 0.0192. The monoisotopic (exact) mass is 542 g/mol. The molecule has 1 aliphatic rings. The lowest BCUT2D eigenvalue weighted by atomic mass is 9.89. The van der Waals surface area contributed by atoms with E-state index < -0.39 is 11.0 Å². The predicted octanol–water partition coefficient (Wildman–Crippen LogP) is 5.80. The number of benzene rings is 2. The summed E-state index contributed by atoms with van der Waals surface area (Å²) in [6, 6.07) is 13.7. The summed E-state index contributed by atoms with van der Waals surface area (Å²) in [7, 11) is 4.37. The third-order valence-electron chi connectivity index (χ3n) is 6.21. The second-order valence-electron chi connectivity index (χ2n) is 9.70. The maximum absolute atomic E-state index is 12.7. The van der Waals surface area contributed by atoms with Crippen molar-refractivity contribution < 1.29 is 8.95 Å². The number of anilines is 4. The molecule has 0 spiro atoms. The molecule has 10 heteroatoms. The second-order valence-corrected chi connectivity index (χ2v) is 11.8. The highest BCUT2D eigenvalue weighted by Crippen LogP contribution is 2.36. The molecule has 1 saturated heterocycles. The lowest BCUT2D eigenvalue weighted by molar-refractivity contribution is 0.241. The normalized spacial score (nSPS) is 15.7. The van der Waals surface area contributed by atoms with Crippen LogP contribution in [0.3, 0.4) is 0 Å². The Bertz CT molecular complexity index is 1250. The van der Waals surface area contributed by atoms with Gasteiger partial charge in [0, 0.05) is 0 Å². The van der Waals surface area contributed by atoms with E-state index in [1.807, 2.05) is 44.2 Å². The Morgan fingerprint density at radius 1 is 1.11 bits per heavy atom. The van der Waals surface area contributed by atoms with Crippen LogP contribution in [0.4, 0.5) is 23.1 Å². The van der Waals surface area contributed by atoms with Gasteiger partial charge in [0.1, 0.15) is 21.8 Å². The number of rotatable bonds is 9. The molecule has 0 aliphatic carbocycles. The molecular formula is C27H35ClN6O2S. The average Bonchev–Trinajstić information content (AvgIpc) is 2.87. The number of halogens is 1. The Hall–Kier alpha value is -2.72. The van der Waals surface area contributed by atoms with Crippen molar-refractivity contribution in [3.63, 3.8) is 0 Å². The molecule has 0 amide bonds. The number of nitrogens with zero attached hydrogens (tertiary/aromatic N) is 4. The van der Waals surface area contributed by atoms with Crippen molar-refractivity contribution in [2.45, 2.75) is 43.6 Å². The van der Waals surface area contributed by atoms with Gasteiger partial charge in [0.15, 0.2) is 5.82 Å². The number of hydrogen-bond donors (Lipinski definition) is 2. The summed E-state index contributed by atoms with van der Waals surface area (Å²) in [5.41, 5.74) is 2.74. The molecule has 1 atom stereocenters. The molecule has 0 bridgehead atoms. The number of piperidine rings is 1. The smallest absolute Gasteiger partial charge is 0.229 e. The van der Waals surface area contributed by atoms with Crippen molar-refractivity contribution in [2.75, 3.05) is 44.9 Å². The average molecular weight is 543 g/mol. The zero-order chi connectivity index (χ0) is 26.5. The van der Waals surface area contributed by atoms with E-state index in [1.54, 1.807) is 24.6 Å². The van der Waals surface area contributed by atoms with E-state index >= 15 is 0 Å². The van der Waals surface area contributed by atoms with Gasteiger partial charge in [-0.1, -0.05) is 29.8 Å². The maximum atomic E-state index is 12.7. The zero-order valence-corrected chi connectivity index (χ0v) is 23.6. The van der Waals surface area contributed by atoms with Crippen molar-refractivity contribution in [3.05, 3.63) is 59.2 Å². The van der Waals surface area contributed by atoms with Crippen LogP contribution in [0, 0.1) is 0 Å². The van der Waals surface area contributed by atoms with Crippen molar-refractivity contribution in [3.8, 4) is 5.75 Å². The maximum Gasteiger partial charge on any atom is 0.229 e. The van der Waals surface area contributed by atoms with Crippen LogP contribution in [0.2, 0.25) is 5.02 Å². The zero-order valence-electron chi connectivity index (χ0n) is 22.0. The van der Waals surface area contributed by atoms with Gasteiger partial charge >= 0.3 is 0 Å². The third-order valence-corrected chi connectivity index (χ3v) is 7.88. The SMILES string of the molecule is CC(C)Oc1cc(C2CCN(C)CC2)ccc1Nc1ncc(Cl)c(Nc2ccccc2S(=O)N(C)C)n1. The van der Waals surface area contributed by atoms with Crippen LogP contribution in [0.15, 0.2) is 53.6 Å². The fourth-order valence-electron chi connectivity index (χ4n) is 4.27. The first-order valence-electron chi connectivity index (χ1n) is 12.4. The van der Waals surface area contributed by atoms with Gasteiger partial charge < -0.3 is 20.3 Å². The van der Waals surface area contributed by atoms with Gasteiger partial charge in [0.05, 0.1) is 28.6 Å². The van der Waals surface area contributed by atoms with Crippen molar-refractivity contribution in [1.29, 1.82) is 0 Å². The van der Waals surface area contributed by atoms with Crippen LogP contribution in [0.25, 0.3) is 0 Å². The van der Waals surface area contributed by atoms with Crippen LogP contribution >= 0.6 is 11.6 Å². The number of hydrogen-bond acceptors (Lipinski definition) is 7. The van der Waals surface area contributed by atoms with Crippen molar-refractivity contribution >= 4 is 45.7 Å². The summed E-state index contributed by atoms with van der Waals surface area (Å²) in [6.07, 6.45) is 3.84. The molecule has 3 aromatic rings. The first-order chi connectivity index (χ1) is 17.7. The molecule has 37 heavy (non-hydrogen) atoms. The van der Waals surface area contributed by atoms with E-state index in [-0.39, 0.29) is 6.10 Å². The van der Waals surface area contributed by atoms with Gasteiger partial charge in [0.2, 0.25) is 5.95 Å². The van der Waals surface area contributed by atoms with Gasteiger partial charge in [0.25, 0.3) is 0 Å². The number of ether oxygens (including phenoxy) is 1. The van der Waals surface area contributed by atoms with Gasteiger partial charge in [-0.15, -0.1) is 0 Å².